The Bertz CT molecular complexity index is 569. The van der Waals surface area contributed by atoms with Crippen LogP contribution >= 0.6 is 0 Å². The lowest BCUT2D eigenvalue weighted by Crippen LogP contribution is -2.37. The molecule has 6 heteroatoms. The van der Waals surface area contributed by atoms with E-state index in [1.807, 2.05) is 4.90 Å². The van der Waals surface area contributed by atoms with E-state index in [9.17, 15) is 9.59 Å². The molecule has 0 bridgehead atoms. The zero-order valence-corrected chi connectivity index (χ0v) is 13.9. The average molecular weight is 318 g/mol. The Labute approximate surface area is 137 Å². The van der Waals surface area contributed by atoms with Gasteiger partial charge in [-0.05, 0) is 32.1 Å². The van der Waals surface area contributed by atoms with Crippen LogP contribution in [0.15, 0.2) is 6.20 Å². The van der Waals surface area contributed by atoms with Gasteiger partial charge in [0.05, 0.1) is 11.9 Å². The Morgan fingerprint density at radius 1 is 1.09 bits per heavy atom. The fourth-order valence-electron chi connectivity index (χ4n) is 3.63. The largest absolute Gasteiger partial charge is 0.337 e. The second-order valence-corrected chi connectivity index (χ2v) is 6.71. The molecule has 6 nitrogen and oxygen atoms in total. The molecular formula is C17H26N4O2. The van der Waals surface area contributed by atoms with E-state index in [2.05, 4.69) is 10.4 Å². The van der Waals surface area contributed by atoms with Gasteiger partial charge in [-0.25, -0.2) is 0 Å². The molecule has 23 heavy (non-hydrogen) atoms. The van der Waals surface area contributed by atoms with Crippen molar-refractivity contribution in [2.24, 2.45) is 13.0 Å². The van der Waals surface area contributed by atoms with Gasteiger partial charge in [0, 0.05) is 26.1 Å². The normalized spacial score (nSPS) is 19.6. The van der Waals surface area contributed by atoms with E-state index in [0.29, 0.717) is 11.4 Å². The first-order valence-corrected chi connectivity index (χ1v) is 8.79. The summed E-state index contributed by atoms with van der Waals surface area (Å²) >= 11 is 0. The van der Waals surface area contributed by atoms with Gasteiger partial charge in [0.25, 0.3) is 5.91 Å². The first-order valence-electron chi connectivity index (χ1n) is 8.79. The van der Waals surface area contributed by atoms with Gasteiger partial charge in [0.1, 0.15) is 5.69 Å². The van der Waals surface area contributed by atoms with Crippen LogP contribution in [0.3, 0.4) is 0 Å². The van der Waals surface area contributed by atoms with Gasteiger partial charge in [-0.3, -0.25) is 14.3 Å². The van der Waals surface area contributed by atoms with Gasteiger partial charge in [0.15, 0.2) is 0 Å². The average Bonchev–Trinajstić information content (AvgIpc) is 2.96. The number of carbonyl (C=O) groups excluding carboxylic acids is 2. The van der Waals surface area contributed by atoms with Crippen LogP contribution in [0.1, 0.15) is 61.9 Å². The molecule has 2 heterocycles. The molecular weight excluding hydrogens is 292 g/mol. The number of likely N-dealkylation sites (tertiary alicyclic amines) is 1. The maximum atomic E-state index is 12.8. The summed E-state index contributed by atoms with van der Waals surface area (Å²) in [7, 11) is 1.76. The number of hydrogen-bond acceptors (Lipinski definition) is 3. The van der Waals surface area contributed by atoms with Gasteiger partial charge < -0.3 is 10.2 Å². The lowest BCUT2D eigenvalue weighted by Gasteiger charge is -2.27. The summed E-state index contributed by atoms with van der Waals surface area (Å²) in [6.07, 6.45) is 10.2. The molecule has 0 spiro atoms. The smallest absolute Gasteiger partial charge is 0.274 e. The molecule has 2 aliphatic rings. The molecule has 0 aromatic carbocycles. The third-order valence-corrected chi connectivity index (χ3v) is 5.02. The summed E-state index contributed by atoms with van der Waals surface area (Å²) in [5.41, 5.74) is 1.05. The van der Waals surface area contributed by atoms with Gasteiger partial charge in [0.2, 0.25) is 5.91 Å². The minimum absolute atomic E-state index is 0.0244. The minimum atomic E-state index is -0.0244. The highest BCUT2D eigenvalue weighted by Crippen LogP contribution is 2.26. The highest BCUT2D eigenvalue weighted by atomic mass is 16.2. The van der Waals surface area contributed by atoms with Gasteiger partial charge in [-0.15, -0.1) is 0 Å². The SMILES string of the molecule is Cn1ncc(NC(=O)C2CCCCC2)c1C(=O)N1CCCCC1. The highest BCUT2D eigenvalue weighted by molar-refractivity contribution is 6.02. The van der Waals surface area contributed by atoms with Crippen LogP contribution in [0, 0.1) is 5.92 Å². The number of anilines is 1. The second-order valence-electron chi connectivity index (χ2n) is 6.71. The molecule has 1 aliphatic heterocycles. The molecule has 1 N–H and O–H groups in total. The Hall–Kier alpha value is -1.85. The maximum Gasteiger partial charge on any atom is 0.274 e. The molecule has 1 aliphatic carbocycles. The van der Waals surface area contributed by atoms with Gasteiger partial charge in [-0.1, -0.05) is 19.3 Å². The summed E-state index contributed by atoms with van der Waals surface area (Å²) in [5.74, 6) is 0.0796. The van der Waals surface area contributed by atoms with E-state index >= 15 is 0 Å². The Morgan fingerprint density at radius 2 is 1.74 bits per heavy atom. The maximum absolute atomic E-state index is 12.8. The number of aryl methyl sites for hydroxylation is 1. The summed E-state index contributed by atoms with van der Waals surface area (Å²) in [4.78, 5) is 27.1. The molecule has 0 atom stereocenters. The van der Waals surface area contributed by atoms with Crippen LogP contribution in [0.2, 0.25) is 0 Å². The topological polar surface area (TPSA) is 67.2 Å². The predicted octanol–water partition coefficient (Wildman–Crippen LogP) is 2.57. The molecule has 3 rings (SSSR count). The summed E-state index contributed by atoms with van der Waals surface area (Å²) in [6, 6.07) is 0. The first kappa shape index (κ1) is 16.0. The lowest BCUT2D eigenvalue weighted by atomic mass is 9.88. The van der Waals surface area contributed by atoms with Crippen molar-refractivity contribution in [3.8, 4) is 0 Å². The molecule has 1 aromatic heterocycles. The van der Waals surface area contributed by atoms with Crippen LogP contribution < -0.4 is 5.32 Å². The van der Waals surface area contributed by atoms with Crippen molar-refractivity contribution in [2.75, 3.05) is 18.4 Å². The molecule has 1 saturated carbocycles. The molecule has 126 valence electrons. The molecule has 2 amide bonds. The Kier molecular flexibility index (Phi) is 4.98. The van der Waals surface area contributed by atoms with E-state index in [1.165, 1.54) is 12.8 Å². The number of hydrogen-bond donors (Lipinski definition) is 1. The second kappa shape index (κ2) is 7.15. The first-order chi connectivity index (χ1) is 11.2. The van der Waals surface area contributed by atoms with Crippen molar-refractivity contribution in [1.29, 1.82) is 0 Å². The van der Waals surface area contributed by atoms with Crippen LogP contribution in [0.4, 0.5) is 5.69 Å². The Balaban J connectivity index is 1.72. The molecule has 0 unspecified atom stereocenters. The van der Waals surface area contributed by atoms with Gasteiger partial charge >= 0.3 is 0 Å². The van der Waals surface area contributed by atoms with Crippen LogP contribution in [0.5, 0.6) is 0 Å². The Morgan fingerprint density at radius 3 is 2.43 bits per heavy atom. The highest BCUT2D eigenvalue weighted by Gasteiger charge is 2.27. The minimum Gasteiger partial charge on any atom is -0.337 e. The number of carbonyl (C=O) groups is 2. The number of nitrogens with one attached hydrogen (secondary N) is 1. The van der Waals surface area contributed by atoms with E-state index < -0.39 is 0 Å². The number of piperidine rings is 1. The summed E-state index contributed by atoms with van der Waals surface area (Å²) in [5, 5.41) is 7.14. The van der Waals surface area contributed by atoms with Crippen LogP contribution in [0.25, 0.3) is 0 Å². The van der Waals surface area contributed by atoms with Crippen LogP contribution in [-0.2, 0) is 11.8 Å². The van der Waals surface area contributed by atoms with E-state index in [-0.39, 0.29) is 17.7 Å². The lowest BCUT2D eigenvalue weighted by molar-refractivity contribution is -0.120. The van der Waals surface area contributed by atoms with Crippen molar-refractivity contribution in [1.82, 2.24) is 14.7 Å². The fraction of sp³-hybridized carbons (Fsp3) is 0.706. The van der Waals surface area contributed by atoms with E-state index in [1.54, 1.807) is 17.9 Å². The number of nitrogens with zero attached hydrogens (tertiary/aromatic N) is 3. The van der Waals surface area contributed by atoms with Crippen molar-refractivity contribution >= 4 is 17.5 Å². The zero-order chi connectivity index (χ0) is 16.2. The molecule has 1 aromatic rings. The molecule has 1 saturated heterocycles. The standard InChI is InChI=1S/C17H26N4O2/c1-20-15(17(23)21-10-6-3-7-11-21)14(12-18-20)19-16(22)13-8-4-2-5-9-13/h12-13H,2-11H2,1H3,(H,19,22). The summed E-state index contributed by atoms with van der Waals surface area (Å²) in [6.45, 7) is 1.58. The quantitative estimate of drug-likeness (QED) is 0.931. The van der Waals surface area contributed by atoms with Crippen LogP contribution in [-0.4, -0.2) is 39.6 Å². The zero-order valence-electron chi connectivity index (χ0n) is 13.9. The predicted molar refractivity (Wildman–Crippen MR) is 88.2 cm³/mol. The van der Waals surface area contributed by atoms with E-state index in [0.717, 1.165) is 51.6 Å². The fourth-order valence-corrected chi connectivity index (χ4v) is 3.63. The third kappa shape index (κ3) is 3.57. The third-order valence-electron chi connectivity index (χ3n) is 5.02. The van der Waals surface area contributed by atoms with Gasteiger partial charge in [-0.2, -0.15) is 5.10 Å². The van der Waals surface area contributed by atoms with Crippen molar-refractivity contribution in [2.45, 2.75) is 51.4 Å². The summed E-state index contributed by atoms with van der Waals surface area (Å²) < 4.78 is 1.58. The number of rotatable bonds is 3. The van der Waals surface area contributed by atoms with Crippen molar-refractivity contribution in [3.05, 3.63) is 11.9 Å². The number of aromatic nitrogens is 2. The van der Waals surface area contributed by atoms with Crippen molar-refractivity contribution in [3.63, 3.8) is 0 Å². The van der Waals surface area contributed by atoms with E-state index in [4.69, 9.17) is 0 Å². The molecule has 2 fully saturated rings. The van der Waals surface area contributed by atoms with Crippen molar-refractivity contribution < 1.29 is 9.59 Å². The molecule has 0 radical (unpaired) electrons. The monoisotopic (exact) mass is 318 g/mol. The number of amides is 2.